The van der Waals surface area contributed by atoms with Crippen molar-refractivity contribution in [3.05, 3.63) is 28.8 Å². The lowest BCUT2D eigenvalue weighted by Crippen LogP contribution is -2.27. The molecule has 0 aliphatic carbocycles. The van der Waals surface area contributed by atoms with Crippen molar-refractivity contribution in [2.75, 3.05) is 32.2 Å². The molecule has 6 nitrogen and oxygen atoms in total. The maximum absolute atomic E-state index is 8.91. The lowest BCUT2D eigenvalue weighted by molar-refractivity contribution is -0.00461. The van der Waals surface area contributed by atoms with Gasteiger partial charge >= 0.3 is 0 Å². The van der Waals surface area contributed by atoms with Crippen LogP contribution in [0.5, 0.6) is 0 Å². The summed E-state index contributed by atoms with van der Waals surface area (Å²) in [5.74, 6) is -0.0135. The molecule has 1 aliphatic heterocycles. The van der Waals surface area contributed by atoms with Gasteiger partial charge < -0.3 is 25.3 Å². The first kappa shape index (κ1) is 14.9. The molecule has 0 aromatic heterocycles. The Balaban J connectivity index is 2.37. The van der Waals surface area contributed by atoms with Gasteiger partial charge in [0.05, 0.1) is 10.6 Å². The van der Waals surface area contributed by atoms with Crippen molar-refractivity contribution in [2.24, 2.45) is 10.9 Å². The van der Waals surface area contributed by atoms with E-state index < -0.39 is 0 Å². The lowest BCUT2D eigenvalue weighted by atomic mass is 10.1. The number of methoxy groups -OCH3 is 2. The van der Waals surface area contributed by atoms with Crippen LogP contribution in [0.15, 0.2) is 23.4 Å². The van der Waals surface area contributed by atoms with Crippen molar-refractivity contribution >= 4 is 23.1 Å². The largest absolute Gasteiger partial charge is 0.409 e. The first-order valence-corrected chi connectivity index (χ1v) is 6.57. The highest BCUT2D eigenvalue weighted by molar-refractivity contribution is 6.34. The molecule has 0 amide bonds. The third kappa shape index (κ3) is 2.67. The van der Waals surface area contributed by atoms with Crippen molar-refractivity contribution in [1.29, 1.82) is 0 Å². The number of benzene rings is 1. The molecule has 2 unspecified atom stereocenters. The summed E-state index contributed by atoms with van der Waals surface area (Å²) in [6.07, 6.45) is -0.0572. The molecular formula is C13H18ClN3O3. The van der Waals surface area contributed by atoms with Gasteiger partial charge in [-0.2, -0.15) is 0 Å². The summed E-state index contributed by atoms with van der Waals surface area (Å²) in [5, 5.41) is 12.4. The van der Waals surface area contributed by atoms with Crippen molar-refractivity contribution in [3.63, 3.8) is 0 Å². The average molecular weight is 300 g/mol. The van der Waals surface area contributed by atoms with Crippen LogP contribution < -0.4 is 10.6 Å². The van der Waals surface area contributed by atoms with E-state index in [2.05, 4.69) is 10.1 Å². The van der Waals surface area contributed by atoms with Gasteiger partial charge in [0.1, 0.15) is 12.2 Å². The van der Waals surface area contributed by atoms with Crippen LogP contribution in [-0.4, -0.2) is 50.6 Å². The van der Waals surface area contributed by atoms with Gasteiger partial charge in [0.25, 0.3) is 0 Å². The summed E-state index contributed by atoms with van der Waals surface area (Å²) < 4.78 is 10.8. The van der Waals surface area contributed by atoms with Crippen LogP contribution in [-0.2, 0) is 9.47 Å². The fourth-order valence-corrected chi connectivity index (χ4v) is 2.74. The van der Waals surface area contributed by atoms with Gasteiger partial charge in [0.15, 0.2) is 5.84 Å². The van der Waals surface area contributed by atoms with Gasteiger partial charge in [-0.1, -0.05) is 22.8 Å². The number of rotatable bonds is 4. The molecular weight excluding hydrogens is 282 g/mol. The van der Waals surface area contributed by atoms with Gasteiger partial charge in [-0.15, -0.1) is 0 Å². The predicted molar refractivity (Wildman–Crippen MR) is 77.8 cm³/mol. The van der Waals surface area contributed by atoms with Gasteiger partial charge in [-0.05, 0) is 12.1 Å². The molecule has 20 heavy (non-hydrogen) atoms. The highest BCUT2D eigenvalue weighted by atomic mass is 35.5. The van der Waals surface area contributed by atoms with Gasteiger partial charge in [0.2, 0.25) is 0 Å². The van der Waals surface area contributed by atoms with Crippen molar-refractivity contribution in [2.45, 2.75) is 12.2 Å². The Morgan fingerprint density at radius 2 is 1.95 bits per heavy atom. The summed E-state index contributed by atoms with van der Waals surface area (Å²) in [7, 11) is 3.31. The Kier molecular flexibility index (Phi) is 4.69. The Hall–Kier alpha value is -1.50. The molecule has 1 aromatic rings. The summed E-state index contributed by atoms with van der Waals surface area (Å²) in [4.78, 5) is 2.06. The monoisotopic (exact) mass is 299 g/mol. The van der Waals surface area contributed by atoms with Crippen molar-refractivity contribution in [1.82, 2.24) is 0 Å². The standard InChI is InChI=1S/C13H18ClN3O3/c1-19-10-6-17(7-11(10)20-2)9-5-3-4-8(14)12(9)13(15)16-18/h3-5,10-11,18H,6-7H2,1-2H3,(H2,15,16). The summed E-state index contributed by atoms with van der Waals surface area (Å²) >= 11 is 6.16. The highest BCUT2D eigenvalue weighted by Gasteiger charge is 2.34. The predicted octanol–water partition coefficient (Wildman–Crippen LogP) is 1.28. The molecule has 1 heterocycles. The van der Waals surface area contributed by atoms with E-state index in [4.69, 9.17) is 32.0 Å². The molecule has 0 spiro atoms. The third-order valence-corrected chi connectivity index (χ3v) is 3.83. The number of halogens is 1. The summed E-state index contributed by atoms with van der Waals surface area (Å²) in [6.45, 7) is 1.31. The van der Waals surface area contributed by atoms with Crippen LogP contribution in [0.1, 0.15) is 5.56 Å². The number of ether oxygens (including phenoxy) is 2. The Morgan fingerprint density at radius 3 is 2.45 bits per heavy atom. The molecule has 2 rings (SSSR count). The quantitative estimate of drug-likeness (QED) is 0.379. The topological polar surface area (TPSA) is 80.3 Å². The molecule has 110 valence electrons. The second kappa shape index (κ2) is 6.30. The molecule has 1 fully saturated rings. The van der Waals surface area contributed by atoms with E-state index in [9.17, 15) is 0 Å². The van der Waals surface area contributed by atoms with Crippen molar-refractivity contribution in [3.8, 4) is 0 Å². The fraction of sp³-hybridized carbons (Fsp3) is 0.462. The number of anilines is 1. The summed E-state index contributed by atoms with van der Waals surface area (Å²) in [6, 6.07) is 5.41. The maximum atomic E-state index is 8.91. The van der Waals surface area contributed by atoms with E-state index >= 15 is 0 Å². The zero-order valence-electron chi connectivity index (χ0n) is 11.4. The number of hydrogen-bond acceptors (Lipinski definition) is 5. The number of hydrogen-bond donors (Lipinski definition) is 2. The minimum absolute atomic E-state index is 0.0135. The van der Waals surface area contributed by atoms with E-state index in [-0.39, 0.29) is 18.0 Å². The molecule has 0 radical (unpaired) electrons. The van der Waals surface area contributed by atoms with Crippen LogP contribution in [0.25, 0.3) is 0 Å². The van der Waals surface area contributed by atoms with Crippen LogP contribution in [0.3, 0.4) is 0 Å². The van der Waals surface area contributed by atoms with Gasteiger partial charge in [-0.25, -0.2) is 0 Å². The van der Waals surface area contributed by atoms with Crippen LogP contribution in [0.2, 0.25) is 5.02 Å². The number of amidine groups is 1. The van der Waals surface area contributed by atoms with E-state index in [1.54, 1.807) is 20.3 Å². The van der Waals surface area contributed by atoms with Gasteiger partial charge in [-0.3, -0.25) is 0 Å². The van der Waals surface area contributed by atoms with E-state index in [0.29, 0.717) is 23.7 Å². The van der Waals surface area contributed by atoms with Crippen LogP contribution in [0.4, 0.5) is 5.69 Å². The van der Waals surface area contributed by atoms with Crippen LogP contribution in [0, 0.1) is 0 Å². The second-order valence-electron chi connectivity index (χ2n) is 4.57. The Morgan fingerprint density at radius 1 is 1.35 bits per heavy atom. The van der Waals surface area contributed by atoms with E-state index in [0.717, 1.165) is 5.69 Å². The number of nitrogens with zero attached hydrogens (tertiary/aromatic N) is 2. The minimum atomic E-state index is -0.0286. The third-order valence-electron chi connectivity index (χ3n) is 3.52. The SMILES string of the molecule is COC1CN(c2cccc(Cl)c2/C(N)=N/O)CC1OC. The van der Waals surface area contributed by atoms with Crippen molar-refractivity contribution < 1.29 is 14.7 Å². The normalized spacial score (nSPS) is 23.4. The number of nitrogens with two attached hydrogens (primary N) is 1. The zero-order chi connectivity index (χ0) is 14.7. The molecule has 2 atom stereocenters. The molecule has 0 saturated carbocycles. The average Bonchev–Trinajstić information content (AvgIpc) is 2.89. The van der Waals surface area contributed by atoms with Gasteiger partial charge in [0, 0.05) is 33.0 Å². The Bertz CT molecular complexity index is 498. The zero-order valence-corrected chi connectivity index (χ0v) is 12.2. The van der Waals surface area contributed by atoms with Crippen LogP contribution >= 0.6 is 11.6 Å². The highest BCUT2D eigenvalue weighted by Crippen LogP contribution is 2.31. The molecule has 1 saturated heterocycles. The minimum Gasteiger partial charge on any atom is -0.409 e. The van der Waals surface area contributed by atoms with E-state index in [1.165, 1.54) is 0 Å². The smallest absolute Gasteiger partial charge is 0.173 e. The fourth-order valence-electron chi connectivity index (χ4n) is 2.47. The first-order valence-electron chi connectivity index (χ1n) is 6.19. The first-order chi connectivity index (χ1) is 9.62. The maximum Gasteiger partial charge on any atom is 0.173 e. The molecule has 3 N–H and O–H groups in total. The Labute approximate surface area is 122 Å². The molecule has 1 aliphatic rings. The number of oxime groups is 1. The van der Waals surface area contributed by atoms with E-state index in [1.807, 2.05) is 12.1 Å². The second-order valence-corrected chi connectivity index (χ2v) is 4.98. The molecule has 0 bridgehead atoms. The summed E-state index contributed by atoms with van der Waals surface area (Å²) in [5.41, 5.74) is 7.04. The lowest BCUT2D eigenvalue weighted by Gasteiger charge is -2.21. The molecule has 7 heteroatoms. The molecule has 1 aromatic carbocycles.